The highest BCUT2D eigenvalue weighted by atomic mass is 32.2. The van der Waals surface area contributed by atoms with Crippen LogP contribution in [-0.2, 0) is 11.2 Å². The number of carbonyl (C=O) groups is 2. The van der Waals surface area contributed by atoms with Crippen molar-refractivity contribution in [3.63, 3.8) is 0 Å². The lowest BCUT2D eigenvalue weighted by Gasteiger charge is -2.32. The maximum absolute atomic E-state index is 12.5. The zero-order valence-corrected chi connectivity index (χ0v) is 18.6. The first-order valence-electron chi connectivity index (χ1n) is 10.0. The molecule has 0 bridgehead atoms. The summed E-state index contributed by atoms with van der Waals surface area (Å²) in [4.78, 5) is 28.9. The molecule has 0 aliphatic carbocycles. The molecule has 0 spiro atoms. The van der Waals surface area contributed by atoms with Gasteiger partial charge < -0.3 is 20.2 Å². The number of piperazine rings is 1. The molecular weight excluding hydrogens is 398 g/mol. The SMILES string of the molecule is C=C/C(C)=C/C1(C)SC(=O)C(Cc2ccc(NC(=O)N3CCN(C)CC3)cc2)=C1O. The number of aliphatic hydroxyl groups excluding tert-OH is 1. The van der Waals surface area contributed by atoms with E-state index in [0.29, 0.717) is 30.8 Å². The molecule has 2 aliphatic rings. The number of hydrogen-bond acceptors (Lipinski definition) is 5. The van der Waals surface area contributed by atoms with Crippen LogP contribution in [0.25, 0.3) is 0 Å². The van der Waals surface area contributed by atoms with Gasteiger partial charge in [0.1, 0.15) is 5.76 Å². The molecule has 1 aromatic rings. The summed E-state index contributed by atoms with van der Waals surface area (Å²) in [5.74, 6) is 0.103. The zero-order valence-electron chi connectivity index (χ0n) is 17.8. The largest absolute Gasteiger partial charge is 0.510 e. The third-order valence-corrected chi connectivity index (χ3v) is 6.68. The van der Waals surface area contributed by atoms with E-state index in [1.807, 2.05) is 56.1 Å². The van der Waals surface area contributed by atoms with Gasteiger partial charge in [0.15, 0.2) is 0 Å². The Labute approximate surface area is 182 Å². The lowest BCUT2D eigenvalue weighted by atomic mass is 9.97. The van der Waals surface area contributed by atoms with E-state index in [9.17, 15) is 14.7 Å². The predicted molar refractivity (Wildman–Crippen MR) is 123 cm³/mol. The van der Waals surface area contributed by atoms with Crippen LogP contribution in [0.1, 0.15) is 19.4 Å². The van der Waals surface area contributed by atoms with Gasteiger partial charge in [-0.15, -0.1) is 0 Å². The molecule has 30 heavy (non-hydrogen) atoms. The van der Waals surface area contributed by atoms with Gasteiger partial charge in [0.05, 0.1) is 4.75 Å². The summed E-state index contributed by atoms with van der Waals surface area (Å²) in [6.45, 7) is 10.6. The summed E-state index contributed by atoms with van der Waals surface area (Å²) < 4.78 is -0.763. The number of likely N-dealkylation sites (N-methyl/N-ethyl adjacent to an activating group) is 1. The van der Waals surface area contributed by atoms with E-state index >= 15 is 0 Å². The highest BCUT2D eigenvalue weighted by Gasteiger charge is 2.41. The van der Waals surface area contributed by atoms with Crippen molar-refractivity contribution < 1.29 is 14.7 Å². The van der Waals surface area contributed by atoms with Crippen LogP contribution in [0.2, 0.25) is 0 Å². The molecule has 2 heterocycles. The molecule has 1 fully saturated rings. The van der Waals surface area contributed by atoms with Crippen LogP contribution >= 0.6 is 11.8 Å². The molecular formula is C23H29N3O3S. The molecule has 3 rings (SSSR count). The van der Waals surface area contributed by atoms with Crippen molar-refractivity contribution in [3.05, 3.63) is 65.5 Å². The third kappa shape index (κ3) is 4.96. The number of benzene rings is 1. The molecule has 2 amide bonds. The average molecular weight is 428 g/mol. The lowest BCUT2D eigenvalue weighted by molar-refractivity contribution is -0.107. The Hall–Kier alpha value is -2.51. The Balaban J connectivity index is 1.66. The van der Waals surface area contributed by atoms with E-state index in [0.717, 1.165) is 36.0 Å². The molecule has 1 unspecified atom stereocenters. The second-order valence-electron chi connectivity index (χ2n) is 8.01. The minimum absolute atomic E-state index is 0.0984. The summed E-state index contributed by atoms with van der Waals surface area (Å²) in [7, 11) is 2.05. The fourth-order valence-electron chi connectivity index (χ4n) is 3.57. The van der Waals surface area contributed by atoms with E-state index in [1.54, 1.807) is 6.08 Å². The third-order valence-electron chi connectivity index (χ3n) is 5.51. The Bertz CT molecular complexity index is 899. The summed E-state index contributed by atoms with van der Waals surface area (Å²) in [6, 6.07) is 7.30. The molecule has 1 atom stereocenters. The first kappa shape index (κ1) is 22.2. The van der Waals surface area contributed by atoms with Crippen LogP contribution in [0.3, 0.4) is 0 Å². The van der Waals surface area contributed by atoms with Crippen molar-refractivity contribution in [2.75, 3.05) is 38.5 Å². The van der Waals surface area contributed by atoms with Gasteiger partial charge in [-0.1, -0.05) is 48.2 Å². The Kier molecular flexibility index (Phi) is 6.73. The molecule has 0 saturated carbocycles. The van der Waals surface area contributed by atoms with Crippen molar-refractivity contribution in [2.24, 2.45) is 0 Å². The fraction of sp³-hybridized carbons (Fsp3) is 0.391. The molecule has 7 heteroatoms. The molecule has 1 saturated heterocycles. The Morgan fingerprint density at radius 3 is 2.50 bits per heavy atom. The molecule has 2 aliphatic heterocycles. The maximum atomic E-state index is 12.5. The second-order valence-corrected chi connectivity index (χ2v) is 9.43. The maximum Gasteiger partial charge on any atom is 0.321 e. The number of aliphatic hydroxyl groups is 1. The van der Waals surface area contributed by atoms with Crippen LogP contribution in [-0.4, -0.2) is 64.0 Å². The number of nitrogens with zero attached hydrogens (tertiary/aromatic N) is 2. The van der Waals surface area contributed by atoms with E-state index in [4.69, 9.17) is 0 Å². The quantitative estimate of drug-likeness (QED) is 0.696. The van der Waals surface area contributed by atoms with E-state index < -0.39 is 4.75 Å². The lowest BCUT2D eigenvalue weighted by Crippen LogP contribution is -2.48. The molecule has 1 aromatic carbocycles. The van der Waals surface area contributed by atoms with Crippen LogP contribution in [0, 0.1) is 0 Å². The standard InChI is InChI=1S/C23H29N3O3S/c1-5-16(2)15-23(3)20(27)19(21(28)30-23)14-17-6-8-18(9-7-17)24-22(29)26-12-10-25(4)11-13-26/h5-9,15,27H,1,10-14H2,2-4H3,(H,24,29)/b16-15+. The van der Waals surface area contributed by atoms with Gasteiger partial charge in [-0.05, 0) is 38.6 Å². The van der Waals surface area contributed by atoms with Gasteiger partial charge >= 0.3 is 6.03 Å². The Morgan fingerprint density at radius 2 is 1.90 bits per heavy atom. The van der Waals surface area contributed by atoms with Crippen molar-refractivity contribution in [1.29, 1.82) is 0 Å². The number of anilines is 1. The van der Waals surface area contributed by atoms with E-state index in [-0.39, 0.29) is 16.9 Å². The van der Waals surface area contributed by atoms with Gasteiger partial charge in [-0.25, -0.2) is 4.79 Å². The summed E-state index contributed by atoms with van der Waals surface area (Å²) in [5, 5.41) is 13.5. The minimum Gasteiger partial charge on any atom is -0.510 e. The van der Waals surface area contributed by atoms with Gasteiger partial charge in [0.25, 0.3) is 0 Å². The fourth-order valence-corrected chi connectivity index (χ4v) is 4.71. The molecule has 160 valence electrons. The number of carbonyl (C=O) groups excluding carboxylic acids is 2. The predicted octanol–water partition coefficient (Wildman–Crippen LogP) is 3.98. The first-order valence-corrected chi connectivity index (χ1v) is 10.8. The number of urea groups is 1. The average Bonchev–Trinajstić information content (AvgIpc) is 2.92. The molecule has 6 nitrogen and oxygen atoms in total. The summed E-state index contributed by atoms with van der Waals surface area (Å²) in [5.41, 5.74) is 2.94. The second kappa shape index (κ2) is 9.10. The Morgan fingerprint density at radius 1 is 1.27 bits per heavy atom. The summed E-state index contributed by atoms with van der Waals surface area (Å²) in [6.07, 6.45) is 3.92. The summed E-state index contributed by atoms with van der Waals surface area (Å²) >= 11 is 1.12. The van der Waals surface area contributed by atoms with Crippen LogP contribution in [0.15, 0.2) is 59.9 Å². The van der Waals surface area contributed by atoms with Crippen molar-refractivity contribution >= 4 is 28.6 Å². The number of rotatable bonds is 5. The topological polar surface area (TPSA) is 72.9 Å². The number of allylic oxidation sites excluding steroid dienone is 2. The highest BCUT2D eigenvalue weighted by molar-refractivity contribution is 8.16. The monoisotopic (exact) mass is 427 g/mol. The van der Waals surface area contributed by atoms with Crippen LogP contribution in [0.4, 0.5) is 10.5 Å². The number of amides is 2. The molecule has 0 radical (unpaired) electrons. The van der Waals surface area contributed by atoms with Crippen LogP contribution in [0.5, 0.6) is 0 Å². The number of hydrogen-bond donors (Lipinski definition) is 2. The van der Waals surface area contributed by atoms with E-state index in [1.165, 1.54) is 0 Å². The van der Waals surface area contributed by atoms with Crippen molar-refractivity contribution in [1.82, 2.24) is 9.80 Å². The minimum atomic E-state index is -0.763. The van der Waals surface area contributed by atoms with Gasteiger partial charge in [0.2, 0.25) is 5.12 Å². The zero-order chi connectivity index (χ0) is 21.9. The molecule has 0 aromatic heterocycles. The van der Waals surface area contributed by atoms with Crippen molar-refractivity contribution in [3.8, 4) is 0 Å². The van der Waals surface area contributed by atoms with E-state index in [2.05, 4.69) is 16.8 Å². The molecule has 2 N–H and O–H groups in total. The highest BCUT2D eigenvalue weighted by Crippen LogP contribution is 2.45. The van der Waals surface area contributed by atoms with Gasteiger partial charge in [-0.3, -0.25) is 4.79 Å². The van der Waals surface area contributed by atoms with Gasteiger partial charge in [-0.2, -0.15) is 0 Å². The van der Waals surface area contributed by atoms with Gasteiger partial charge in [0, 0.05) is 43.9 Å². The number of nitrogens with one attached hydrogen (secondary N) is 1. The smallest absolute Gasteiger partial charge is 0.321 e. The first-order chi connectivity index (χ1) is 14.2. The normalized spacial score (nSPS) is 23.1. The van der Waals surface area contributed by atoms with Crippen molar-refractivity contribution in [2.45, 2.75) is 25.0 Å². The van der Waals surface area contributed by atoms with Crippen LogP contribution < -0.4 is 5.32 Å². The number of thioether (sulfide) groups is 1.